The Morgan fingerprint density at radius 3 is 2.00 bits per heavy atom. The van der Waals surface area contributed by atoms with Crippen molar-refractivity contribution in [2.75, 3.05) is 6.61 Å². The van der Waals surface area contributed by atoms with Gasteiger partial charge in [-0.05, 0) is 39.8 Å². The average Bonchev–Trinajstić information content (AvgIpc) is 2.51. The number of amides is 2. The lowest BCUT2D eigenvalue weighted by Gasteiger charge is -2.30. The molecule has 26 heavy (non-hydrogen) atoms. The van der Waals surface area contributed by atoms with E-state index < -0.39 is 47.6 Å². The molecule has 0 aliphatic heterocycles. The van der Waals surface area contributed by atoms with Crippen LogP contribution in [0.1, 0.15) is 46.2 Å². The summed E-state index contributed by atoms with van der Waals surface area (Å²) in [5, 5.41) is 2.27. The van der Waals surface area contributed by atoms with Crippen molar-refractivity contribution in [2.45, 2.75) is 52.7 Å². The van der Waals surface area contributed by atoms with E-state index in [1.54, 1.807) is 27.7 Å². The SMILES string of the molecule is CC(=O)OCC(NC(=O)C(=O)N(C(C)C)C(C)C)c1c(F)cccc1F. The molecule has 2 amide bonds. The molecule has 6 nitrogen and oxygen atoms in total. The summed E-state index contributed by atoms with van der Waals surface area (Å²) in [6.45, 7) is 7.61. The number of hydrogen-bond donors (Lipinski definition) is 1. The third kappa shape index (κ3) is 5.50. The van der Waals surface area contributed by atoms with Crippen LogP contribution in [0.4, 0.5) is 8.78 Å². The lowest BCUT2D eigenvalue weighted by Crippen LogP contribution is -2.50. The van der Waals surface area contributed by atoms with E-state index in [9.17, 15) is 23.2 Å². The van der Waals surface area contributed by atoms with E-state index in [0.29, 0.717) is 0 Å². The van der Waals surface area contributed by atoms with Crippen LogP contribution < -0.4 is 5.32 Å². The van der Waals surface area contributed by atoms with Crippen LogP contribution in [-0.2, 0) is 19.1 Å². The molecule has 1 unspecified atom stereocenters. The predicted molar refractivity (Wildman–Crippen MR) is 91.0 cm³/mol. The van der Waals surface area contributed by atoms with Crippen LogP contribution in [-0.4, -0.2) is 41.4 Å². The third-order valence-corrected chi connectivity index (χ3v) is 3.65. The fraction of sp³-hybridized carbons (Fsp3) is 0.500. The second-order valence-corrected chi connectivity index (χ2v) is 6.36. The van der Waals surface area contributed by atoms with Gasteiger partial charge in [0, 0.05) is 24.6 Å². The Morgan fingerprint density at radius 2 is 1.58 bits per heavy atom. The summed E-state index contributed by atoms with van der Waals surface area (Å²) in [6.07, 6.45) is 0. The van der Waals surface area contributed by atoms with Gasteiger partial charge in [0.05, 0.1) is 6.04 Å². The molecule has 0 radical (unpaired) electrons. The zero-order chi connectivity index (χ0) is 20.0. The molecule has 0 heterocycles. The van der Waals surface area contributed by atoms with Gasteiger partial charge in [-0.1, -0.05) is 6.07 Å². The molecule has 1 aromatic rings. The minimum absolute atomic E-state index is 0.245. The predicted octanol–water partition coefficient (Wildman–Crippen LogP) is 2.33. The van der Waals surface area contributed by atoms with E-state index in [4.69, 9.17) is 4.74 Å². The topological polar surface area (TPSA) is 75.7 Å². The number of ether oxygens (including phenoxy) is 1. The fourth-order valence-electron chi connectivity index (χ4n) is 2.64. The van der Waals surface area contributed by atoms with Crippen molar-refractivity contribution in [1.82, 2.24) is 10.2 Å². The molecule has 0 aliphatic rings. The van der Waals surface area contributed by atoms with Crippen molar-refractivity contribution < 1.29 is 27.9 Å². The number of carbonyl (C=O) groups is 3. The summed E-state index contributed by atoms with van der Waals surface area (Å²) in [7, 11) is 0. The number of hydrogen-bond acceptors (Lipinski definition) is 4. The Morgan fingerprint density at radius 1 is 1.08 bits per heavy atom. The summed E-state index contributed by atoms with van der Waals surface area (Å²) >= 11 is 0. The quantitative estimate of drug-likeness (QED) is 0.616. The van der Waals surface area contributed by atoms with Gasteiger partial charge in [-0.25, -0.2) is 8.78 Å². The maximum atomic E-state index is 14.1. The van der Waals surface area contributed by atoms with E-state index in [1.165, 1.54) is 11.0 Å². The zero-order valence-corrected chi connectivity index (χ0v) is 15.5. The zero-order valence-electron chi connectivity index (χ0n) is 15.5. The van der Waals surface area contributed by atoms with Gasteiger partial charge in [0.15, 0.2) is 0 Å². The molecule has 0 aliphatic carbocycles. The molecule has 144 valence electrons. The smallest absolute Gasteiger partial charge is 0.312 e. The van der Waals surface area contributed by atoms with Crippen LogP contribution in [0.2, 0.25) is 0 Å². The molecular formula is C18H24F2N2O4. The number of rotatable bonds is 6. The van der Waals surface area contributed by atoms with Gasteiger partial charge in [-0.15, -0.1) is 0 Å². The summed E-state index contributed by atoms with van der Waals surface area (Å²) in [6, 6.07) is 1.38. The summed E-state index contributed by atoms with van der Waals surface area (Å²) < 4.78 is 32.9. The Labute approximate surface area is 151 Å². The van der Waals surface area contributed by atoms with Crippen molar-refractivity contribution in [3.8, 4) is 0 Å². The molecule has 0 saturated carbocycles. The van der Waals surface area contributed by atoms with Crippen LogP contribution in [0.25, 0.3) is 0 Å². The van der Waals surface area contributed by atoms with E-state index in [2.05, 4.69) is 5.32 Å². The number of carbonyl (C=O) groups excluding carboxylic acids is 3. The monoisotopic (exact) mass is 370 g/mol. The molecule has 0 fully saturated rings. The highest BCUT2D eigenvalue weighted by Gasteiger charge is 2.30. The summed E-state index contributed by atoms with van der Waals surface area (Å²) in [5.41, 5.74) is -0.476. The van der Waals surface area contributed by atoms with Crippen LogP contribution in [0.5, 0.6) is 0 Å². The first-order chi connectivity index (χ1) is 12.1. The third-order valence-electron chi connectivity index (χ3n) is 3.65. The van der Waals surface area contributed by atoms with Crippen LogP contribution in [0.15, 0.2) is 18.2 Å². The van der Waals surface area contributed by atoms with Crippen LogP contribution in [0.3, 0.4) is 0 Å². The highest BCUT2D eigenvalue weighted by atomic mass is 19.1. The molecule has 1 atom stereocenters. The van der Waals surface area contributed by atoms with Gasteiger partial charge in [-0.3, -0.25) is 14.4 Å². The van der Waals surface area contributed by atoms with Gasteiger partial charge in [-0.2, -0.15) is 0 Å². The Kier molecular flexibility index (Phi) is 7.67. The highest BCUT2D eigenvalue weighted by Crippen LogP contribution is 2.21. The van der Waals surface area contributed by atoms with Gasteiger partial charge in [0.2, 0.25) is 0 Å². The number of halogens is 2. The maximum absolute atomic E-state index is 14.1. The lowest BCUT2D eigenvalue weighted by atomic mass is 10.1. The van der Waals surface area contributed by atoms with Gasteiger partial charge in [0.1, 0.15) is 18.2 Å². The number of benzene rings is 1. The minimum Gasteiger partial charge on any atom is -0.463 e. The van der Waals surface area contributed by atoms with Crippen molar-refractivity contribution in [2.24, 2.45) is 0 Å². The second kappa shape index (κ2) is 9.26. The molecule has 0 spiro atoms. The van der Waals surface area contributed by atoms with E-state index in [0.717, 1.165) is 19.1 Å². The molecule has 0 bridgehead atoms. The van der Waals surface area contributed by atoms with Gasteiger partial charge >= 0.3 is 17.8 Å². The highest BCUT2D eigenvalue weighted by molar-refractivity contribution is 6.35. The normalized spacial score (nSPS) is 12.0. The molecule has 1 rings (SSSR count). The van der Waals surface area contributed by atoms with E-state index >= 15 is 0 Å². The average molecular weight is 370 g/mol. The minimum atomic E-state index is -1.34. The first-order valence-corrected chi connectivity index (χ1v) is 8.26. The molecule has 1 aromatic carbocycles. The first-order valence-electron chi connectivity index (χ1n) is 8.26. The van der Waals surface area contributed by atoms with Crippen molar-refractivity contribution >= 4 is 17.8 Å². The standard InChI is InChI=1S/C18H24F2N2O4/c1-10(2)22(11(3)4)18(25)17(24)21-15(9-26-12(5)23)16-13(19)7-6-8-14(16)20/h6-8,10-11,15H,9H2,1-5H3,(H,21,24). The molecule has 0 saturated heterocycles. The second-order valence-electron chi connectivity index (χ2n) is 6.36. The Bertz CT molecular complexity index is 649. The molecule has 1 N–H and O–H groups in total. The van der Waals surface area contributed by atoms with Crippen LogP contribution in [0, 0.1) is 11.6 Å². The summed E-state index contributed by atoms with van der Waals surface area (Å²) in [4.78, 5) is 37.2. The molecular weight excluding hydrogens is 346 g/mol. The van der Waals surface area contributed by atoms with Gasteiger partial charge < -0.3 is 15.0 Å². The maximum Gasteiger partial charge on any atom is 0.312 e. The number of nitrogens with zero attached hydrogens (tertiary/aromatic N) is 1. The molecule has 0 aromatic heterocycles. The van der Waals surface area contributed by atoms with E-state index in [-0.39, 0.29) is 12.1 Å². The van der Waals surface area contributed by atoms with Crippen molar-refractivity contribution in [3.05, 3.63) is 35.4 Å². The number of esters is 1. The van der Waals surface area contributed by atoms with Crippen molar-refractivity contribution in [3.63, 3.8) is 0 Å². The first kappa shape index (κ1) is 21.5. The van der Waals surface area contributed by atoms with Crippen molar-refractivity contribution in [1.29, 1.82) is 0 Å². The fourth-order valence-corrected chi connectivity index (χ4v) is 2.64. The van der Waals surface area contributed by atoms with E-state index in [1.807, 2.05) is 0 Å². The van der Waals surface area contributed by atoms with Crippen LogP contribution >= 0.6 is 0 Å². The largest absolute Gasteiger partial charge is 0.463 e. The Balaban J connectivity index is 3.11. The lowest BCUT2D eigenvalue weighted by molar-refractivity contribution is -0.149. The number of nitrogens with one attached hydrogen (secondary N) is 1. The summed E-state index contributed by atoms with van der Waals surface area (Å²) in [5.74, 6) is -4.39. The molecule has 8 heteroatoms. The Hall–Kier alpha value is -2.51. The van der Waals surface area contributed by atoms with Gasteiger partial charge in [0.25, 0.3) is 0 Å².